The number of halogens is 3. The van der Waals surface area contributed by atoms with Crippen LogP contribution < -0.4 is 5.32 Å². The van der Waals surface area contributed by atoms with E-state index in [0.29, 0.717) is 6.61 Å². The molecule has 1 aromatic rings. The van der Waals surface area contributed by atoms with Crippen molar-refractivity contribution in [2.75, 3.05) is 11.9 Å². The molecule has 0 amide bonds. The number of hydrogen-bond acceptors (Lipinski definition) is 4. The van der Waals surface area contributed by atoms with Gasteiger partial charge in [0.1, 0.15) is 5.60 Å². The van der Waals surface area contributed by atoms with Crippen LogP contribution in [-0.2, 0) is 10.9 Å². The third-order valence-corrected chi connectivity index (χ3v) is 2.93. The van der Waals surface area contributed by atoms with Crippen molar-refractivity contribution in [2.45, 2.75) is 24.9 Å². The number of anilines is 1. The second-order valence-electron chi connectivity index (χ2n) is 4.52. The highest BCUT2D eigenvalue weighted by molar-refractivity contribution is 5.53. The van der Waals surface area contributed by atoms with Gasteiger partial charge in [-0.15, -0.1) is 0 Å². The predicted molar refractivity (Wildman–Crippen MR) is 60.1 cm³/mol. The van der Waals surface area contributed by atoms with Gasteiger partial charge in [0.05, 0.1) is 23.8 Å². The van der Waals surface area contributed by atoms with Gasteiger partial charge < -0.3 is 15.2 Å². The van der Waals surface area contributed by atoms with E-state index in [1.54, 1.807) is 6.92 Å². The topological polar surface area (TPSA) is 68.6 Å². The number of nitrogens with zero attached hydrogens (tertiary/aromatic N) is 1. The molecule has 0 aliphatic carbocycles. The molecule has 1 heterocycles. The Balaban J connectivity index is 2.26. The predicted octanol–water partition coefficient (Wildman–Crippen LogP) is 2.10. The molecule has 2 N–H and O–H groups in total. The van der Waals surface area contributed by atoms with Crippen LogP contribution in [0.2, 0.25) is 0 Å². The highest BCUT2D eigenvalue weighted by atomic mass is 19.4. The van der Waals surface area contributed by atoms with Gasteiger partial charge in [-0.05, 0) is 25.1 Å². The van der Waals surface area contributed by atoms with Crippen LogP contribution in [0.4, 0.5) is 18.9 Å². The largest absolute Gasteiger partial charge is 0.417 e. The molecule has 2 unspecified atom stereocenters. The highest BCUT2D eigenvalue weighted by Gasteiger charge is 2.47. The summed E-state index contributed by atoms with van der Waals surface area (Å²) in [4.78, 5) is 0. The van der Waals surface area contributed by atoms with Crippen molar-refractivity contribution in [3.8, 4) is 6.07 Å². The van der Waals surface area contributed by atoms with E-state index in [4.69, 9.17) is 10.00 Å². The fourth-order valence-electron chi connectivity index (χ4n) is 1.55. The number of nitriles is 1. The average molecular weight is 272 g/mol. The van der Waals surface area contributed by atoms with Gasteiger partial charge in [0, 0.05) is 5.69 Å². The van der Waals surface area contributed by atoms with E-state index in [9.17, 15) is 18.3 Å². The van der Waals surface area contributed by atoms with Crippen molar-refractivity contribution < 1.29 is 23.0 Å². The van der Waals surface area contributed by atoms with Crippen molar-refractivity contribution in [3.05, 3.63) is 29.3 Å². The van der Waals surface area contributed by atoms with Crippen LogP contribution in [0.1, 0.15) is 18.1 Å². The summed E-state index contributed by atoms with van der Waals surface area (Å²) in [6, 6.07) is 4.66. The molecule has 2 atom stereocenters. The molecule has 0 spiro atoms. The van der Waals surface area contributed by atoms with E-state index in [1.807, 2.05) is 0 Å². The van der Waals surface area contributed by atoms with Gasteiger partial charge in [-0.2, -0.15) is 18.4 Å². The number of rotatable bonds is 3. The fourth-order valence-corrected chi connectivity index (χ4v) is 1.55. The van der Waals surface area contributed by atoms with Gasteiger partial charge in [-0.1, -0.05) is 0 Å². The number of epoxide rings is 1. The van der Waals surface area contributed by atoms with Crippen LogP contribution in [0.5, 0.6) is 0 Å². The van der Waals surface area contributed by atoms with Gasteiger partial charge in [0.25, 0.3) is 0 Å². The Morgan fingerprint density at radius 2 is 2.16 bits per heavy atom. The van der Waals surface area contributed by atoms with Gasteiger partial charge in [-0.25, -0.2) is 0 Å². The molecular weight excluding hydrogens is 261 g/mol. The summed E-state index contributed by atoms with van der Waals surface area (Å²) in [7, 11) is 0. The fraction of sp³-hybridized carbons (Fsp3) is 0.417. The van der Waals surface area contributed by atoms with E-state index in [2.05, 4.69) is 5.32 Å². The third kappa shape index (κ3) is 2.80. The quantitative estimate of drug-likeness (QED) is 0.653. The molecule has 1 aliphatic rings. The Labute approximate surface area is 107 Å². The van der Waals surface area contributed by atoms with Crippen LogP contribution in [0.25, 0.3) is 0 Å². The molecule has 1 aliphatic heterocycles. The monoisotopic (exact) mass is 272 g/mol. The molecule has 2 rings (SSSR count). The minimum Gasteiger partial charge on any atom is -0.371 e. The third-order valence-electron chi connectivity index (χ3n) is 2.93. The molecule has 102 valence electrons. The Bertz CT molecular complexity index is 533. The lowest BCUT2D eigenvalue weighted by Gasteiger charge is -2.19. The Kier molecular flexibility index (Phi) is 3.16. The van der Waals surface area contributed by atoms with Gasteiger partial charge in [0.15, 0.2) is 6.23 Å². The maximum atomic E-state index is 12.7. The summed E-state index contributed by atoms with van der Waals surface area (Å²) in [6.07, 6.45) is -5.73. The first-order valence-corrected chi connectivity index (χ1v) is 5.46. The van der Waals surface area contributed by atoms with Crippen molar-refractivity contribution in [1.82, 2.24) is 0 Å². The first kappa shape index (κ1) is 13.6. The zero-order chi connectivity index (χ0) is 14.3. The lowest BCUT2D eigenvalue weighted by Crippen LogP contribution is -2.34. The number of benzene rings is 1. The molecule has 0 aromatic heterocycles. The second kappa shape index (κ2) is 4.40. The van der Waals surface area contributed by atoms with Crippen molar-refractivity contribution in [3.63, 3.8) is 0 Å². The summed E-state index contributed by atoms with van der Waals surface area (Å²) >= 11 is 0. The first-order valence-electron chi connectivity index (χ1n) is 5.46. The molecule has 0 radical (unpaired) electrons. The standard InChI is InChI=1S/C12H11F3N2O2/c1-11(6-19-11)10(18)17-8-3-2-7(5-16)9(4-8)12(13,14)15/h2-4,10,17-18H,6H2,1H3. The van der Waals surface area contributed by atoms with E-state index in [-0.39, 0.29) is 5.69 Å². The molecule has 1 fully saturated rings. The van der Waals surface area contributed by atoms with Gasteiger partial charge in [0.2, 0.25) is 0 Å². The van der Waals surface area contributed by atoms with Crippen LogP contribution in [-0.4, -0.2) is 23.5 Å². The smallest absolute Gasteiger partial charge is 0.371 e. The minimum absolute atomic E-state index is 0.0792. The molecule has 0 saturated carbocycles. The lowest BCUT2D eigenvalue weighted by atomic mass is 10.1. The molecule has 4 nitrogen and oxygen atoms in total. The number of ether oxygens (including phenoxy) is 1. The highest BCUT2D eigenvalue weighted by Crippen LogP contribution is 2.35. The first-order chi connectivity index (χ1) is 8.76. The van der Waals surface area contributed by atoms with E-state index < -0.39 is 29.1 Å². The molecule has 1 aromatic carbocycles. The molecule has 7 heteroatoms. The van der Waals surface area contributed by atoms with Crippen LogP contribution >= 0.6 is 0 Å². The number of nitrogens with one attached hydrogen (secondary N) is 1. The number of aliphatic hydroxyl groups excluding tert-OH is 1. The van der Waals surface area contributed by atoms with Crippen LogP contribution in [0, 0.1) is 11.3 Å². The zero-order valence-electron chi connectivity index (χ0n) is 9.95. The molecule has 1 saturated heterocycles. The lowest BCUT2D eigenvalue weighted by molar-refractivity contribution is -0.137. The van der Waals surface area contributed by atoms with E-state index >= 15 is 0 Å². The Hall–Kier alpha value is -1.78. The Morgan fingerprint density at radius 3 is 2.63 bits per heavy atom. The van der Waals surface area contributed by atoms with Crippen molar-refractivity contribution >= 4 is 5.69 Å². The van der Waals surface area contributed by atoms with E-state index in [1.165, 1.54) is 12.1 Å². The number of hydrogen-bond donors (Lipinski definition) is 2. The number of aliphatic hydroxyl groups is 1. The molecule has 0 bridgehead atoms. The minimum atomic E-state index is -4.62. The maximum absolute atomic E-state index is 12.7. The van der Waals surface area contributed by atoms with Crippen LogP contribution in [0.3, 0.4) is 0 Å². The van der Waals surface area contributed by atoms with E-state index in [0.717, 1.165) is 12.1 Å². The summed E-state index contributed by atoms with van der Waals surface area (Å²) in [6.45, 7) is 1.97. The summed E-state index contributed by atoms with van der Waals surface area (Å²) in [5, 5.41) is 20.9. The molecule has 19 heavy (non-hydrogen) atoms. The number of alkyl halides is 3. The van der Waals surface area contributed by atoms with Crippen LogP contribution in [0.15, 0.2) is 18.2 Å². The zero-order valence-corrected chi connectivity index (χ0v) is 9.95. The van der Waals surface area contributed by atoms with Gasteiger partial charge >= 0.3 is 6.18 Å². The second-order valence-corrected chi connectivity index (χ2v) is 4.52. The SMILES string of the molecule is CC1(C(O)Nc2ccc(C#N)c(C(F)(F)F)c2)CO1. The normalized spacial score (nSPS) is 23.6. The molecular formula is C12H11F3N2O2. The Morgan fingerprint density at radius 1 is 1.53 bits per heavy atom. The summed E-state index contributed by atoms with van der Waals surface area (Å²) in [5.41, 5.74) is -2.18. The summed E-state index contributed by atoms with van der Waals surface area (Å²) in [5.74, 6) is 0. The van der Waals surface area contributed by atoms with Gasteiger partial charge in [-0.3, -0.25) is 0 Å². The maximum Gasteiger partial charge on any atom is 0.417 e. The summed E-state index contributed by atoms with van der Waals surface area (Å²) < 4.78 is 43.2. The average Bonchev–Trinajstić information content (AvgIpc) is 3.07. The van der Waals surface area contributed by atoms with Crippen molar-refractivity contribution in [1.29, 1.82) is 5.26 Å². The van der Waals surface area contributed by atoms with Crippen molar-refractivity contribution in [2.24, 2.45) is 0 Å².